The predicted octanol–water partition coefficient (Wildman–Crippen LogP) is 13.2. The van der Waals surface area contributed by atoms with Crippen molar-refractivity contribution < 1.29 is 0 Å². The summed E-state index contributed by atoms with van der Waals surface area (Å²) in [7, 11) is 0. The van der Waals surface area contributed by atoms with Crippen LogP contribution in [0.5, 0.6) is 0 Å². The summed E-state index contributed by atoms with van der Waals surface area (Å²) >= 11 is 3.77. The van der Waals surface area contributed by atoms with Crippen molar-refractivity contribution in [2.24, 2.45) is 0 Å². The number of fused-ring (bicyclic) bond motifs is 6. The first-order chi connectivity index (χ1) is 25.2. The van der Waals surface area contributed by atoms with Crippen molar-refractivity contribution in [3.63, 3.8) is 0 Å². The van der Waals surface area contributed by atoms with Gasteiger partial charge in [0.25, 0.3) is 0 Å². The minimum atomic E-state index is -0.458. The summed E-state index contributed by atoms with van der Waals surface area (Å²) in [6, 6.07) is 71.2. The van der Waals surface area contributed by atoms with E-state index in [-0.39, 0.29) is 0 Å². The first-order valence-corrected chi connectivity index (χ1v) is 18.3. The first kappa shape index (κ1) is 29.9. The Morgan fingerprint density at radius 3 is 1.76 bits per heavy atom. The Hall–Kier alpha value is -5.96. The topological polar surface area (TPSA) is 4.93 Å². The molecule has 0 atom stereocenters. The van der Waals surface area contributed by atoms with E-state index >= 15 is 0 Å². The van der Waals surface area contributed by atoms with Crippen LogP contribution in [0.25, 0.3) is 60.9 Å². The summed E-state index contributed by atoms with van der Waals surface area (Å²) in [6.45, 7) is 0. The maximum absolute atomic E-state index is 3.77. The highest BCUT2D eigenvalue weighted by atomic mass is 79.9. The molecule has 1 nitrogen and oxygen atoms in total. The SMILES string of the molecule is Brc1ccccc1-c1cccc(-c2ccc3c4ccccc4n(-c4ccc5c(c4)C(c4ccccc4)(c4ccccc4)c4ccccc4-5)c3c2)c1. The molecule has 0 N–H and O–H groups in total. The molecule has 0 saturated carbocycles. The van der Waals surface area contributed by atoms with E-state index in [0.29, 0.717) is 0 Å². The zero-order valence-electron chi connectivity index (χ0n) is 27.8. The fourth-order valence-electron chi connectivity index (χ4n) is 8.56. The second kappa shape index (κ2) is 11.8. The van der Waals surface area contributed by atoms with Crippen LogP contribution in [0, 0.1) is 0 Å². The second-order valence-electron chi connectivity index (χ2n) is 13.4. The number of hydrogen-bond donors (Lipinski definition) is 0. The molecule has 1 aliphatic carbocycles. The van der Waals surface area contributed by atoms with E-state index < -0.39 is 5.41 Å². The van der Waals surface area contributed by atoms with Gasteiger partial charge in [0.05, 0.1) is 16.4 Å². The lowest BCUT2D eigenvalue weighted by atomic mass is 9.67. The van der Waals surface area contributed by atoms with Gasteiger partial charge < -0.3 is 4.57 Å². The maximum Gasteiger partial charge on any atom is 0.0714 e. The molecule has 10 rings (SSSR count). The lowest BCUT2D eigenvalue weighted by Crippen LogP contribution is -2.28. The van der Waals surface area contributed by atoms with Crippen LogP contribution in [0.1, 0.15) is 22.3 Å². The van der Waals surface area contributed by atoms with Crippen LogP contribution < -0.4 is 0 Å². The van der Waals surface area contributed by atoms with E-state index in [4.69, 9.17) is 0 Å². The molecule has 9 aromatic rings. The third kappa shape index (κ3) is 4.53. The largest absolute Gasteiger partial charge is 0.309 e. The van der Waals surface area contributed by atoms with Crippen LogP contribution in [-0.2, 0) is 5.41 Å². The van der Waals surface area contributed by atoms with Gasteiger partial charge in [0, 0.05) is 20.9 Å². The average Bonchev–Trinajstić information content (AvgIpc) is 3.69. The molecule has 0 unspecified atom stereocenters. The monoisotopic (exact) mass is 713 g/mol. The summed E-state index contributed by atoms with van der Waals surface area (Å²) in [6.07, 6.45) is 0. The van der Waals surface area contributed by atoms with E-state index in [1.807, 2.05) is 0 Å². The molecule has 0 aliphatic heterocycles. The van der Waals surface area contributed by atoms with Gasteiger partial charge in [0.1, 0.15) is 0 Å². The van der Waals surface area contributed by atoms with Crippen molar-refractivity contribution in [2.75, 3.05) is 0 Å². The molecule has 1 aromatic heterocycles. The summed E-state index contributed by atoms with van der Waals surface area (Å²) in [5.74, 6) is 0. The summed E-state index contributed by atoms with van der Waals surface area (Å²) in [5.41, 5.74) is 15.6. The maximum atomic E-state index is 3.77. The highest BCUT2D eigenvalue weighted by molar-refractivity contribution is 9.10. The molecule has 0 spiro atoms. The molecular weight excluding hydrogens is 682 g/mol. The quantitative estimate of drug-likeness (QED) is 0.167. The van der Waals surface area contributed by atoms with Crippen LogP contribution in [-0.4, -0.2) is 4.57 Å². The number of rotatable bonds is 5. The van der Waals surface area contributed by atoms with Gasteiger partial charge in [0.2, 0.25) is 0 Å². The third-order valence-electron chi connectivity index (χ3n) is 10.8. The number of aromatic nitrogens is 1. The Morgan fingerprint density at radius 2 is 0.980 bits per heavy atom. The zero-order valence-corrected chi connectivity index (χ0v) is 29.4. The smallest absolute Gasteiger partial charge is 0.0714 e. The van der Waals surface area contributed by atoms with Gasteiger partial charge in [-0.25, -0.2) is 0 Å². The molecule has 1 aliphatic rings. The Labute approximate surface area is 306 Å². The molecule has 1 heterocycles. The summed E-state index contributed by atoms with van der Waals surface area (Å²) in [5, 5.41) is 2.50. The number of benzene rings is 8. The number of nitrogens with zero attached hydrogens (tertiary/aromatic N) is 1. The third-order valence-corrected chi connectivity index (χ3v) is 11.4. The van der Waals surface area contributed by atoms with Gasteiger partial charge in [-0.1, -0.05) is 174 Å². The van der Waals surface area contributed by atoms with Crippen LogP contribution in [0.3, 0.4) is 0 Å². The van der Waals surface area contributed by atoms with E-state index in [2.05, 4.69) is 215 Å². The zero-order chi connectivity index (χ0) is 33.9. The van der Waals surface area contributed by atoms with Crippen molar-refractivity contribution in [3.05, 3.63) is 221 Å². The van der Waals surface area contributed by atoms with Crippen LogP contribution in [0.4, 0.5) is 0 Å². The summed E-state index contributed by atoms with van der Waals surface area (Å²) in [4.78, 5) is 0. The highest BCUT2D eigenvalue weighted by Gasteiger charge is 2.46. The number of halogens is 1. The van der Waals surface area contributed by atoms with E-state index in [9.17, 15) is 0 Å². The molecule has 8 aromatic carbocycles. The molecule has 51 heavy (non-hydrogen) atoms. The molecule has 0 radical (unpaired) electrons. The van der Waals surface area contributed by atoms with E-state index in [1.165, 1.54) is 77.4 Å². The summed E-state index contributed by atoms with van der Waals surface area (Å²) < 4.78 is 3.56. The highest BCUT2D eigenvalue weighted by Crippen LogP contribution is 2.56. The van der Waals surface area contributed by atoms with Crippen molar-refractivity contribution >= 4 is 37.7 Å². The van der Waals surface area contributed by atoms with Gasteiger partial charge in [-0.2, -0.15) is 0 Å². The minimum Gasteiger partial charge on any atom is -0.309 e. The van der Waals surface area contributed by atoms with Crippen molar-refractivity contribution in [1.82, 2.24) is 4.57 Å². The Bertz CT molecular complexity index is 2720. The Morgan fingerprint density at radius 1 is 0.373 bits per heavy atom. The lowest BCUT2D eigenvalue weighted by molar-refractivity contribution is 0.767. The molecule has 0 saturated heterocycles. The predicted molar refractivity (Wildman–Crippen MR) is 217 cm³/mol. The van der Waals surface area contributed by atoms with Gasteiger partial charge in [-0.05, 0) is 92.0 Å². The normalized spacial score (nSPS) is 13.0. The molecule has 2 heteroatoms. The number of hydrogen-bond acceptors (Lipinski definition) is 0. The van der Waals surface area contributed by atoms with E-state index in [1.54, 1.807) is 0 Å². The average molecular weight is 715 g/mol. The fraction of sp³-hybridized carbons (Fsp3) is 0.0204. The van der Waals surface area contributed by atoms with Gasteiger partial charge in [0.15, 0.2) is 0 Å². The van der Waals surface area contributed by atoms with Gasteiger partial charge >= 0.3 is 0 Å². The molecular formula is C49H32BrN. The van der Waals surface area contributed by atoms with Crippen molar-refractivity contribution in [2.45, 2.75) is 5.41 Å². The number of para-hydroxylation sites is 1. The molecule has 0 bridgehead atoms. The molecule has 0 fully saturated rings. The fourth-order valence-corrected chi connectivity index (χ4v) is 9.08. The Kier molecular flexibility index (Phi) is 6.94. The standard InChI is InChI=1S/C49H32BrN/c50-46-24-11-8-20-39(46)35-15-13-14-33(30-35)34-26-28-43-42-22-9-12-25-47(42)51(48(43)31-34)38-27-29-41-40-21-7-10-23-44(40)49(45(41)32-38,36-16-3-1-4-17-36)37-18-5-2-6-19-37/h1-32H. The first-order valence-electron chi connectivity index (χ1n) is 17.5. The Balaban J connectivity index is 1.23. The van der Waals surface area contributed by atoms with Crippen LogP contribution >= 0.6 is 15.9 Å². The van der Waals surface area contributed by atoms with Crippen LogP contribution in [0.15, 0.2) is 199 Å². The lowest BCUT2D eigenvalue weighted by Gasteiger charge is -2.34. The van der Waals surface area contributed by atoms with Crippen LogP contribution in [0.2, 0.25) is 0 Å². The minimum absolute atomic E-state index is 0.458. The van der Waals surface area contributed by atoms with Gasteiger partial charge in [-0.3, -0.25) is 0 Å². The van der Waals surface area contributed by atoms with E-state index in [0.717, 1.165) is 10.2 Å². The second-order valence-corrected chi connectivity index (χ2v) is 14.3. The van der Waals surface area contributed by atoms with Crippen molar-refractivity contribution in [3.8, 4) is 39.1 Å². The van der Waals surface area contributed by atoms with Crippen molar-refractivity contribution in [1.29, 1.82) is 0 Å². The molecule has 0 amide bonds. The van der Waals surface area contributed by atoms with Gasteiger partial charge in [-0.15, -0.1) is 0 Å². The molecule has 240 valence electrons.